The Balaban J connectivity index is 1.71. The molecule has 0 saturated heterocycles. The Bertz CT molecular complexity index is 1010. The molecule has 0 aliphatic heterocycles. The molecule has 1 N–H and O–H groups in total. The van der Waals surface area contributed by atoms with E-state index < -0.39 is 5.97 Å². The van der Waals surface area contributed by atoms with Gasteiger partial charge in [-0.2, -0.15) is 0 Å². The van der Waals surface area contributed by atoms with Gasteiger partial charge in [0.1, 0.15) is 5.75 Å². The van der Waals surface area contributed by atoms with E-state index in [0.717, 1.165) is 11.1 Å². The largest absolute Gasteiger partial charge is 0.485 e. The average Bonchev–Trinajstić information content (AvgIpc) is 3.01. The van der Waals surface area contributed by atoms with E-state index in [1.54, 1.807) is 20.8 Å². The summed E-state index contributed by atoms with van der Waals surface area (Å²) >= 11 is 0. The van der Waals surface area contributed by atoms with E-state index >= 15 is 0 Å². The predicted octanol–water partition coefficient (Wildman–Crippen LogP) is 5.05. The second-order valence-electron chi connectivity index (χ2n) is 6.95. The van der Waals surface area contributed by atoms with E-state index in [1.165, 1.54) is 5.56 Å². The van der Waals surface area contributed by atoms with Crippen LogP contribution in [-0.4, -0.2) is 30.0 Å². The van der Waals surface area contributed by atoms with Crippen molar-refractivity contribution < 1.29 is 19.1 Å². The average molecular weight is 391 g/mol. The Morgan fingerprint density at radius 3 is 1.97 bits per heavy atom. The number of ether oxygens (including phenoxy) is 2. The number of nitrogens with one attached hydrogen (secondary N) is 1. The van der Waals surface area contributed by atoms with Crippen molar-refractivity contribution in [2.45, 2.75) is 27.7 Å². The van der Waals surface area contributed by atoms with Crippen molar-refractivity contribution in [2.24, 2.45) is 0 Å². The van der Waals surface area contributed by atoms with Crippen LogP contribution in [0.5, 0.6) is 5.75 Å². The molecule has 3 aromatic rings. The zero-order valence-corrected chi connectivity index (χ0v) is 17.2. The van der Waals surface area contributed by atoms with Crippen LogP contribution in [0.1, 0.15) is 44.6 Å². The predicted molar refractivity (Wildman–Crippen MR) is 113 cm³/mol. The fourth-order valence-electron chi connectivity index (χ4n) is 3.30. The number of esters is 1. The fourth-order valence-corrected chi connectivity index (χ4v) is 3.30. The second-order valence-corrected chi connectivity index (χ2v) is 6.95. The number of H-pyrrole nitrogens is 1. The van der Waals surface area contributed by atoms with E-state index in [2.05, 4.69) is 36.2 Å². The van der Waals surface area contributed by atoms with Gasteiger partial charge in [-0.15, -0.1) is 0 Å². The van der Waals surface area contributed by atoms with Gasteiger partial charge in [0.2, 0.25) is 5.78 Å². The summed E-state index contributed by atoms with van der Waals surface area (Å²) in [5.41, 5.74) is 5.27. The summed E-state index contributed by atoms with van der Waals surface area (Å²) in [4.78, 5) is 28.0. The van der Waals surface area contributed by atoms with Crippen molar-refractivity contribution in [3.05, 3.63) is 76.6 Å². The molecular formula is C24H25NO4. The first-order valence-corrected chi connectivity index (χ1v) is 9.60. The third-order valence-corrected chi connectivity index (χ3v) is 4.74. The van der Waals surface area contributed by atoms with Gasteiger partial charge in [-0.25, -0.2) is 4.79 Å². The number of rotatable bonds is 7. The molecule has 0 amide bonds. The highest BCUT2D eigenvalue weighted by atomic mass is 16.5. The van der Waals surface area contributed by atoms with Crippen LogP contribution in [0.15, 0.2) is 48.5 Å². The topological polar surface area (TPSA) is 68.4 Å². The first-order valence-electron chi connectivity index (χ1n) is 9.60. The second kappa shape index (κ2) is 8.78. The fraction of sp³-hybridized carbons (Fsp3) is 0.250. The molecule has 0 spiro atoms. The number of hydrogen-bond acceptors (Lipinski definition) is 4. The molecule has 0 bridgehead atoms. The molecule has 5 nitrogen and oxygen atoms in total. The minimum Gasteiger partial charge on any atom is -0.485 e. The number of Topliss-reactive ketones (excluding diaryl/α,β-unsaturated/α-hetero) is 1. The van der Waals surface area contributed by atoms with Crippen molar-refractivity contribution >= 4 is 11.8 Å². The van der Waals surface area contributed by atoms with E-state index in [4.69, 9.17) is 9.47 Å². The van der Waals surface area contributed by atoms with Gasteiger partial charge in [0.05, 0.1) is 17.7 Å². The number of benzene rings is 2. The van der Waals surface area contributed by atoms with Crippen LogP contribution in [-0.2, 0) is 4.74 Å². The smallest absolute Gasteiger partial charge is 0.340 e. The number of aryl methyl sites for hydroxylation is 3. The van der Waals surface area contributed by atoms with Crippen molar-refractivity contribution in [1.29, 1.82) is 0 Å². The molecule has 1 heterocycles. The number of aromatic nitrogens is 1. The van der Waals surface area contributed by atoms with Gasteiger partial charge in [0, 0.05) is 11.4 Å². The van der Waals surface area contributed by atoms with Crippen LogP contribution in [0.4, 0.5) is 0 Å². The van der Waals surface area contributed by atoms with Crippen LogP contribution in [0.3, 0.4) is 0 Å². The van der Waals surface area contributed by atoms with Crippen LogP contribution in [0.2, 0.25) is 0 Å². The molecule has 0 atom stereocenters. The highest BCUT2D eigenvalue weighted by molar-refractivity contribution is 6.08. The first-order chi connectivity index (χ1) is 13.9. The molecule has 2 aromatic carbocycles. The number of hydrogen-bond donors (Lipinski definition) is 1. The molecule has 29 heavy (non-hydrogen) atoms. The van der Waals surface area contributed by atoms with E-state index in [-0.39, 0.29) is 24.6 Å². The van der Waals surface area contributed by atoms with Crippen molar-refractivity contribution in [1.82, 2.24) is 4.98 Å². The first kappa shape index (κ1) is 20.4. The lowest BCUT2D eigenvalue weighted by molar-refractivity contribution is 0.0522. The lowest BCUT2D eigenvalue weighted by Gasteiger charge is -2.09. The SMILES string of the molecule is CCOC(=O)c1c(C)[nH]c(C)c1C(=O)COc1ccc(-c2ccc(C)cc2)cc1. The lowest BCUT2D eigenvalue weighted by Crippen LogP contribution is -2.17. The van der Waals surface area contributed by atoms with Crippen molar-refractivity contribution in [3.63, 3.8) is 0 Å². The highest BCUT2D eigenvalue weighted by Gasteiger charge is 2.25. The van der Waals surface area contributed by atoms with E-state index in [0.29, 0.717) is 22.7 Å². The van der Waals surface area contributed by atoms with Gasteiger partial charge in [-0.1, -0.05) is 42.0 Å². The number of ketones is 1. The zero-order chi connectivity index (χ0) is 21.0. The molecule has 0 saturated carbocycles. The Morgan fingerprint density at radius 1 is 0.828 bits per heavy atom. The van der Waals surface area contributed by atoms with Crippen LogP contribution in [0, 0.1) is 20.8 Å². The Kier molecular flexibility index (Phi) is 6.17. The minimum absolute atomic E-state index is 0.158. The third-order valence-electron chi connectivity index (χ3n) is 4.74. The molecule has 5 heteroatoms. The van der Waals surface area contributed by atoms with Gasteiger partial charge >= 0.3 is 5.97 Å². The summed E-state index contributed by atoms with van der Waals surface area (Å²) in [6, 6.07) is 15.9. The normalized spacial score (nSPS) is 10.6. The van der Waals surface area contributed by atoms with Crippen molar-refractivity contribution in [2.75, 3.05) is 13.2 Å². The quantitative estimate of drug-likeness (QED) is 0.452. The van der Waals surface area contributed by atoms with Gasteiger partial charge in [-0.05, 0) is 51.0 Å². The Morgan fingerprint density at radius 2 is 1.38 bits per heavy atom. The summed E-state index contributed by atoms with van der Waals surface area (Å²) in [6.07, 6.45) is 0. The van der Waals surface area contributed by atoms with Gasteiger partial charge in [0.25, 0.3) is 0 Å². The van der Waals surface area contributed by atoms with Crippen molar-refractivity contribution in [3.8, 4) is 16.9 Å². The molecule has 0 fully saturated rings. The van der Waals surface area contributed by atoms with Gasteiger partial charge in [0.15, 0.2) is 6.61 Å². The summed E-state index contributed by atoms with van der Waals surface area (Å²) in [6.45, 7) is 7.39. The monoisotopic (exact) mass is 391 g/mol. The Hall–Kier alpha value is -3.34. The number of aromatic amines is 1. The molecule has 1 aromatic heterocycles. The molecule has 3 rings (SSSR count). The van der Waals surface area contributed by atoms with Crippen LogP contribution < -0.4 is 4.74 Å². The molecular weight excluding hydrogens is 366 g/mol. The number of carbonyl (C=O) groups excluding carboxylic acids is 2. The third kappa shape index (κ3) is 4.57. The van der Waals surface area contributed by atoms with E-state index in [9.17, 15) is 9.59 Å². The standard InChI is InChI=1S/C24H25NO4/c1-5-28-24(27)23-17(4)25-16(3)22(23)21(26)14-29-20-12-10-19(11-13-20)18-8-6-15(2)7-9-18/h6-13,25H,5,14H2,1-4H3. The zero-order valence-electron chi connectivity index (χ0n) is 17.2. The molecule has 0 unspecified atom stereocenters. The summed E-state index contributed by atoms with van der Waals surface area (Å²) in [5, 5.41) is 0. The number of carbonyl (C=O) groups is 2. The minimum atomic E-state index is -0.500. The van der Waals surface area contributed by atoms with Crippen LogP contribution >= 0.6 is 0 Å². The highest BCUT2D eigenvalue weighted by Crippen LogP contribution is 2.24. The molecule has 0 radical (unpaired) electrons. The summed E-state index contributed by atoms with van der Waals surface area (Å²) in [5.74, 6) is -0.172. The maximum atomic E-state index is 12.7. The molecule has 0 aliphatic rings. The summed E-state index contributed by atoms with van der Waals surface area (Å²) < 4.78 is 10.8. The van der Waals surface area contributed by atoms with Crippen LogP contribution in [0.25, 0.3) is 11.1 Å². The maximum absolute atomic E-state index is 12.7. The van der Waals surface area contributed by atoms with Gasteiger partial charge in [-0.3, -0.25) is 4.79 Å². The molecule has 0 aliphatic carbocycles. The Labute approximate surface area is 170 Å². The summed E-state index contributed by atoms with van der Waals surface area (Å²) in [7, 11) is 0. The van der Waals surface area contributed by atoms with Gasteiger partial charge < -0.3 is 14.5 Å². The maximum Gasteiger partial charge on any atom is 0.340 e. The molecule has 150 valence electrons. The lowest BCUT2D eigenvalue weighted by atomic mass is 10.0. The van der Waals surface area contributed by atoms with E-state index in [1.807, 2.05) is 24.3 Å².